The Hall–Kier alpha value is -1.07. The number of aromatic nitrogens is 2. The molecular weight excluding hydrogens is 312 g/mol. The third-order valence-corrected chi connectivity index (χ3v) is 3.66. The molecule has 0 atom stereocenters. The number of benzene rings is 1. The molecule has 94 valence electrons. The van der Waals surface area contributed by atoms with Crippen LogP contribution in [0.3, 0.4) is 0 Å². The number of hydrogen-bond donors (Lipinski definition) is 0. The molecule has 1 heterocycles. The maximum Gasteiger partial charge on any atom is 0.187 e. The third kappa shape index (κ3) is 3.99. The number of nitrogens with zero attached hydrogens (tertiary/aromatic N) is 2. The zero-order valence-corrected chi connectivity index (χ0v) is 12.4. The molecule has 0 spiro atoms. The highest BCUT2D eigenvalue weighted by molar-refractivity contribution is 9.10. The van der Waals surface area contributed by atoms with E-state index < -0.39 is 0 Å². The van der Waals surface area contributed by atoms with Crippen LogP contribution < -0.4 is 4.74 Å². The Morgan fingerprint density at radius 1 is 1.28 bits per heavy atom. The molecule has 0 amide bonds. The van der Waals surface area contributed by atoms with E-state index in [9.17, 15) is 0 Å². The lowest BCUT2D eigenvalue weighted by atomic mass is 10.2. The Morgan fingerprint density at radius 2 is 2.06 bits per heavy atom. The van der Waals surface area contributed by atoms with Crippen molar-refractivity contribution in [2.24, 2.45) is 0 Å². The van der Waals surface area contributed by atoms with E-state index in [1.165, 1.54) is 5.56 Å². The number of thioether (sulfide) groups is 1. The van der Waals surface area contributed by atoms with Gasteiger partial charge in [0.2, 0.25) is 0 Å². The Morgan fingerprint density at radius 3 is 2.78 bits per heavy atom. The predicted molar refractivity (Wildman–Crippen MR) is 77.1 cm³/mol. The van der Waals surface area contributed by atoms with Crippen LogP contribution in [0.25, 0.3) is 0 Å². The summed E-state index contributed by atoms with van der Waals surface area (Å²) in [7, 11) is 0. The summed E-state index contributed by atoms with van der Waals surface area (Å²) in [6, 6.07) is 7.86. The largest absolute Gasteiger partial charge is 0.492 e. The molecule has 0 saturated heterocycles. The van der Waals surface area contributed by atoms with Crippen LogP contribution in [0.4, 0.5) is 0 Å². The van der Waals surface area contributed by atoms with Crippen LogP contribution in [-0.2, 0) is 0 Å². The molecule has 0 aliphatic carbocycles. The van der Waals surface area contributed by atoms with E-state index in [2.05, 4.69) is 32.8 Å². The van der Waals surface area contributed by atoms with Crippen LogP contribution >= 0.6 is 27.7 Å². The molecule has 0 radical (unpaired) electrons. The van der Waals surface area contributed by atoms with Gasteiger partial charge < -0.3 is 4.74 Å². The molecule has 0 aliphatic rings. The fourth-order valence-corrected chi connectivity index (χ4v) is 2.60. The highest BCUT2D eigenvalue weighted by Gasteiger charge is 2.01. The van der Waals surface area contributed by atoms with Gasteiger partial charge in [-0.2, -0.15) is 0 Å². The lowest BCUT2D eigenvalue weighted by Crippen LogP contribution is -2.01. The van der Waals surface area contributed by atoms with Gasteiger partial charge >= 0.3 is 0 Å². The van der Waals surface area contributed by atoms with E-state index in [0.717, 1.165) is 21.1 Å². The number of aryl methyl sites for hydroxylation is 1. The fourth-order valence-electron chi connectivity index (χ4n) is 1.37. The average Bonchev–Trinajstić information content (AvgIpc) is 2.38. The number of ether oxygens (including phenoxy) is 1. The number of hydrogen-bond acceptors (Lipinski definition) is 4. The fraction of sp³-hybridized carbons (Fsp3) is 0.231. The summed E-state index contributed by atoms with van der Waals surface area (Å²) in [6.07, 6.45) is 3.49. The average molecular weight is 325 g/mol. The molecule has 3 nitrogen and oxygen atoms in total. The van der Waals surface area contributed by atoms with Gasteiger partial charge in [-0.1, -0.05) is 17.8 Å². The van der Waals surface area contributed by atoms with Gasteiger partial charge in [0.05, 0.1) is 11.1 Å². The van der Waals surface area contributed by atoms with E-state index in [1.807, 2.05) is 24.3 Å². The summed E-state index contributed by atoms with van der Waals surface area (Å²) in [5.41, 5.74) is 1.21. The normalized spacial score (nSPS) is 10.3. The summed E-state index contributed by atoms with van der Waals surface area (Å²) in [4.78, 5) is 8.28. The van der Waals surface area contributed by atoms with E-state index in [4.69, 9.17) is 4.74 Å². The Labute approximate surface area is 119 Å². The molecule has 0 aliphatic heterocycles. The first kappa shape index (κ1) is 13.4. The Kier molecular flexibility index (Phi) is 5.01. The minimum atomic E-state index is 0.630. The topological polar surface area (TPSA) is 35.0 Å². The van der Waals surface area contributed by atoms with Crippen LogP contribution in [-0.4, -0.2) is 22.3 Å². The molecule has 1 aromatic heterocycles. The van der Waals surface area contributed by atoms with Crippen LogP contribution in [0.2, 0.25) is 0 Å². The quantitative estimate of drug-likeness (QED) is 0.477. The van der Waals surface area contributed by atoms with Gasteiger partial charge in [0, 0.05) is 18.1 Å². The molecule has 2 aromatic rings. The van der Waals surface area contributed by atoms with Crippen LogP contribution in [0.1, 0.15) is 5.56 Å². The molecule has 0 bridgehead atoms. The van der Waals surface area contributed by atoms with Crippen molar-refractivity contribution in [3.8, 4) is 5.75 Å². The zero-order chi connectivity index (χ0) is 12.8. The second kappa shape index (κ2) is 6.75. The van der Waals surface area contributed by atoms with E-state index in [1.54, 1.807) is 24.2 Å². The molecule has 0 saturated carbocycles. The first-order valence-corrected chi connectivity index (χ1v) is 7.32. The van der Waals surface area contributed by atoms with Gasteiger partial charge in [-0.3, -0.25) is 0 Å². The zero-order valence-electron chi connectivity index (χ0n) is 9.97. The predicted octanol–water partition coefficient (Wildman–Crippen LogP) is 3.72. The van der Waals surface area contributed by atoms with Gasteiger partial charge in [-0.05, 0) is 46.6 Å². The molecule has 0 unspecified atom stereocenters. The standard InChI is InChI=1S/C13H13BrN2OS/c1-10-3-4-12(11(14)9-10)17-7-8-18-13-15-5-2-6-16-13/h2-6,9H,7-8H2,1H3. The van der Waals surface area contributed by atoms with Gasteiger partial charge in [0.15, 0.2) is 5.16 Å². The summed E-state index contributed by atoms with van der Waals surface area (Å²) in [5.74, 6) is 1.69. The highest BCUT2D eigenvalue weighted by atomic mass is 79.9. The van der Waals surface area contributed by atoms with Crippen molar-refractivity contribution < 1.29 is 4.74 Å². The first-order chi connectivity index (χ1) is 8.75. The Balaban J connectivity index is 1.79. The minimum Gasteiger partial charge on any atom is -0.492 e. The SMILES string of the molecule is Cc1ccc(OCCSc2ncccn2)c(Br)c1. The van der Waals surface area contributed by atoms with Crippen LogP contribution in [0.5, 0.6) is 5.75 Å². The Bertz CT molecular complexity index is 508. The first-order valence-electron chi connectivity index (χ1n) is 5.54. The van der Waals surface area contributed by atoms with Crippen molar-refractivity contribution in [3.05, 3.63) is 46.7 Å². The smallest absolute Gasteiger partial charge is 0.187 e. The van der Waals surface area contributed by atoms with Gasteiger partial charge in [0.1, 0.15) is 5.75 Å². The lowest BCUT2D eigenvalue weighted by molar-refractivity contribution is 0.341. The second-order valence-electron chi connectivity index (χ2n) is 3.66. The van der Waals surface area contributed by atoms with Gasteiger partial charge in [-0.25, -0.2) is 9.97 Å². The summed E-state index contributed by atoms with van der Waals surface area (Å²) in [5, 5.41) is 0.782. The van der Waals surface area contributed by atoms with Crippen molar-refractivity contribution in [3.63, 3.8) is 0 Å². The molecule has 5 heteroatoms. The maximum absolute atomic E-state index is 5.69. The summed E-state index contributed by atoms with van der Waals surface area (Å²) < 4.78 is 6.68. The van der Waals surface area contributed by atoms with Crippen molar-refractivity contribution in [1.29, 1.82) is 0 Å². The van der Waals surface area contributed by atoms with E-state index in [-0.39, 0.29) is 0 Å². The van der Waals surface area contributed by atoms with Crippen molar-refractivity contribution >= 4 is 27.7 Å². The number of rotatable bonds is 5. The molecular formula is C13H13BrN2OS. The number of halogens is 1. The lowest BCUT2D eigenvalue weighted by Gasteiger charge is -2.08. The maximum atomic E-state index is 5.69. The van der Waals surface area contributed by atoms with Crippen molar-refractivity contribution in [1.82, 2.24) is 9.97 Å². The molecule has 18 heavy (non-hydrogen) atoms. The molecule has 2 rings (SSSR count). The molecule has 0 fully saturated rings. The monoisotopic (exact) mass is 324 g/mol. The van der Waals surface area contributed by atoms with E-state index >= 15 is 0 Å². The van der Waals surface area contributed by atoms with Gasteiger partial charge in [-0.15, -0.1) is 0 Å². The summed E-state index contributed by atoms with van der Waals surface area (Å²) in [6.45, 7) is 2.68. The van der Waals surface area contributed by atoms with Gasteiger partial charge in [0.25, 0.3) is 0 Å². The molecule has 0 N–H and O–H groups in total. The summed E-state index contributed by atoms with van der Waals surface area (Å²) >= 11 is 5.07. The second-order valence-corrected chi connectivity index (χ2v) is 5.58. The molecule has 1 aromatic carbocycles. The van der Waals surface area contributed by atoms with Crippen LogP contribution in [0.15, 0.2) is 46.3 Å². The minimum absolute atomic E-state index is 0.630. The van der Waals surface area contributed by atoms with Crippen molar-refractivity contribution in [2.45, 2.75) is 12.1 Å². The van der Waals surface area contributed by atoms with E-state index in [0.29, 0.717) is 6.61 Å². The third-order valence-electron chi connectivity index (χ3n) is 2.20. The van der Waals surface area contributed by atoms with Crippen molar-refractivity contribution in [2.75, 3.05) is 12.4 Å². The van der Waals surface area contributed by atoms with Crippen LogP contribution in [0, 0.1) is 6.92 Å². The highest BCUT2D eigenvalue weighted by Crippen LogP contribution is 2.26.